The Labute approximate surface area is 252 Å². The molecule has 10 rings (SSSR count). The Bertz CT molecular complexity index is 2720. The summed E-state index contributed by atoms with van der Waals surface area (Å²) in [6, 6.07) is 50.0. The monoisotopic (exact) mass is 560 g/mol. The molecule has 0 bridgehead atoms. The summed E-state index contributed by atoms with van der Waals surface area (Å²) in [6.07, 6.45) is 1.79. The van der Waals surface area contributed by atoms with Gasteiger partial charge in [0.1, 0.15) is 16.7 Å². The van der Waals surface area contributed by atoms with Crippen LogP contribution in [0.1, 0.15) is 0 Å². The van der Waals surface area contributed by atoms with Crippen LogP contribution in [0.2, 0.25) is 0 Å². The van der Waals surface area contributed by atoms with Crippen LogP contribution in [0.15, 0.2) is 155 Å². The lowest BCUT2D eigenvalue weighted by molar-refractivity contribution is 0.616. The lowest BCUT2D eigenvalue weighted by atomic mass is 9.83. The van der Waals surface area contributed by atoms with E-state index in [0.717, 1.165) is 38.5 Å². The Morgan fingerprint density at radius 1 is 0.341 bits per heavy atom. The van der Waals surface area contributed by atoms with Gasteiger partial charge in [-0.15, -0.1) is 0 Å². The zero-order valence-electron chi connectivity index (χ0n) is 23.7. The van der Waals surface area contributed by atoms with Crippen LogP contribution in [0.5, 0.6) is 0 Å². The molecule has 0 N–H and O–H groups in total. The molecule has 0 radical (unpaired) electrons. The molecule has 44 heavy (non-hydrogen) atoms. The average molecular weight is 561 g/mol. The van der Waals surface area contributed by atoms with Gasteiger partial charge in [0, 0.05) is 27.3 Å². The number of benzene rings is 8. The van der Waals surface area contributed by atoms with Crippen molar-refractivity contribution in [3.63, 3.8) is 0 Å². The molecule has 0 unspecified atom stereocenters. The second-order valence-electron chi connectivity index (χ2n) is 11.6. The van der Waals surface area contributed by atoms with E-state index in [9.17, 15) is 0 Å². The summed E-state index contributed by atoms with van der Waals surface area (Å²) >= 11 is 0. The van der Waals surface area contributed by atoms with Gasteiger partial charge in [-0.25, -0.2) is 0 Å². The molecule has 0 atom stereocenters. The molecule has 0 spiro atoms. The lowest BCUT2D eigenvalue weighted by Crippen LogP contribution is -1.93. The van der Waals surface area contributed by atoms with Gasteiger partial charge < -0.3 is 8.83 Å². The van der Waals surface area contributed by atoms with E-state index in [1.54, 1.807) is 6.26 Å². The van der Waals surface area contributed by atoms with E-state index < -0.39 is 0 Å². The summed E-state index contributed by atoms with van der Waals surface area (Å²) in [5, 5.41) is 13.1. The predicted octanol–water partition coefficient (Wildman–Crippen LogP) is 12.3. The van der Waals surface area contributed by atoms with Crippen LogP contribution in [0.4, 0.5) is 0 Å². The molecule has 2 aromatic heterocycles. The Morgan fingerprint density at radius 2 is 0.909 bits per heavy atom. The maximum Gasteiger partial charge on any atom is 0.144 e. The number of para-hydroxylation sites is 1. The molecule has 8 aromatic carbocycles. The molecule has 2 heteroatoms. The van der Waals surface area contributed by atoms with E-state index in [2.05, 4.69) is 127 Å². The van der Waals surface area contributed by atoms with Crippen molar-refractivity contribution in [1.82, 2.24) is 0 Å². The molecule has 0 aliphatic heterocycles. The zero-order chi connectivity index (χ0) is 28.8. The largest absolute Gasteiger partial charge is 0.464 e. The van der Waals surface area contributed by atoms with Crippen molar-refractivity contribution >= 4 is 76.0 Å². The van der Waals surface area contributed by atoms with E-state index in [1.807, 2.05) is 12.1 Å². The first-order valence-corrected chi connectivity index (χ1v) is 15.0. The van der Waals surface area contributed by atoms with E-state index >= 15 is 0 Å². The summed E-state index contributed by atoms with van der Waals surface area (Å²) in [7, 11) is 0. The van der Waals surface area contributed by atoms with Gasteiger partial charge in [0.25, 0.3) is 0 Å². The van der Waals surface area contributed by atoms with Crippen molar-refractivity contribution in [3.05, 3.63) is 146 Å². The summed E-state index contributed by atoms with van der Waals surface area (Å²) < 4.78 is 12.8. The summed E-state index contributed by atoms with van der Waals surface area (Å²) in [5.74, 6) is 0. The number of hydrogen-bond donors (Lipinski definition) is 0. The van der Waals surface area contributed by atoms with Gasteiger partial charge in [-0.05, 0) is 78.5 Å². The Balaban J connectivity index is 1.43. The van der Waals surface area contributed by atoms with E-state index in [-0.39, 0.29) is 0 Å². The second kappa shape index (κ2) is 8.82. The Morgan fingerprint density at radius 3 is 1.64 bits per heavy atom. The highest BCUT2D eigenvalue weighted by atomic mass is 16.3. The number of rotatable bonds is 2. The van der Waals surface area contributed by atoms with Gasteiger partial charge in [-0.3, -0.25) is 0 Å². The second-order valence-corrected chi connectivity index (χ2v) is 11.6. The van der Waals surface area contributed by atoms with Crippen LogP contribution in [-0.2, 0) is 0 Å². The number of fused-ring (bicyclic) bond motifs is 9. The highest BCUT2D eigenvalue weighted by Crippen LogP contribution is 2.50. The van der Waals surface area contributed by atoms with Crippen LogP contribution in [0, 0.1) is 0 Å². The summed E-state index contributed by atoms with van der Waals surface area (Å²) in [6.45, 7) is 0. The van der Waals surface area contributed by atoms with Crippen molar-refractivity contribution in [1.29, 1.82) is 0 Å². The zero-order valence-corrected chi connectivity index (χ0v) is 23.7. The van der Waals surface area contributed by atoms with Crippen molar-refractivity contribution < 1.29 is 8.83 Å². The molecule has 0 aliphatic carbocycles. The van der Waals surface area contributed by atoms with Crippen molar-refractivity contribution in [2.45, 2.75) is 0 Å². The van der Waals surface area contributed by atoms with Gasteiger partial charge in [0.15, 0.2) is 0 Å². The summed E-state index contributed by atoms with van der Waals surface area (Å²) in [4.78, 5) is 0. The average Bonchev–Trinajstić information content (AvgIpc) is 3.71. The van der Waals surface area contributed by atoms with Gasteiger partial charge in [0.05, 0.1) is 6.26 Å². The fourth-order valence-electron chi connectivity index (χ4n) is 7.48. The Kier molecular flexibility index (Phi) is 4.75. The van der Waals surface area contributed by atoms with Crippen molar-refractivity contribution in [2.24, 2.45) is 0 Å². The number of hydrogen-bond acceptors (Lipinski definition) is 2. The van der Waals surface area contributed by atoms with Gasteiger partial charge in [0.2, 0.25) is 0 Å². The molecule has 0 saturated carbocycles. The third kappa shape index (κ3) is 3.14. The molecule has 0 fully saturated rings. The van der Waals surface area contributed by atoms with Crippen LogP contribution < -0.4 is 0 Å². The third-order valence-electron chi connectivity index (χ3n) is 9.32. The van der Waals surface area contributed by atoms with Crippen LogP contribution in [-0.4, -0.2) is 0 Å². The summed E-state index contributed by atoms with van der Waals surface area (Å²) in [5.41, 5.74) is 7.36. The minimum Gasteiger partial charge on any atom is -0.464 e. The molecule has 0 saturated heterocycles. The normalized spacial score (nSPS) is 12.1. The molecule has 0 aliphatic rings. The minimum atomic E-state index is 0.858. The maximum atomic E-state index is 6.69. The van der Waals surface area contributed by atoms with Gasteiger partial charge in [-0.1, -0.05) is 115 Å². The van der Waals surface area contributed by atoms with Gasteiger partial charge >= 0.3 is 0 Å². The highest BCUT2D eigenvalue weighted by Gasteiger charge is 2.24. The molecule has 0 amide bonds. The molecule has 2 nitrogen and oxygen atoms in total. The van der Waals surface area contributed by atoms with E-state index in [1.165, 1.54) is 59.8 Å². The predicted molar refractivity (Wildman–Crippen MR) is 184 cm³/mol. The molecule has 204 valence electrons. The molecule has 2 heterocycles. The van der Waals surface area contributed by atoms with Crippen LogP contribution in [0.3, 0.4) is 0 Å². The van der Waals surface area contributed by atoms with Crippen molar-refractivity contribution in [3.8, 4) is 22.3 Å². The molecule has 10 aromatic rings. The fraction of sp³-hybridized carbons (Fsp3) is 0. The minimum absolute atomic E-state index is 0.858. The SMILES string of the molecule is c1ccc2c(c1)cc(-c1c3ccccc3c(-c3c4ccoc4cc4c3oc3ccccc34)c3ccccc13)c1ccccc12. The first-order valence-electron chi connectivity index (χ1n) is 15.0. The van der Waals surface area contributed by atoms with Crippen LogP contribution >= 0.6 is 0 Å². The smallest absolute Gasteiger partial charge is 0.144 e. The molecular weight excluding hydrogens is 536 g/mol. The first-order chi connectivity index (χ1) is 21.8. The first kappa shape index (κ1) is 23.7. The lowest BCUT2D eigenvalue weighted by Gasteiger charge is -2.20. The van der Waals surface area contributed by atoms with Crippen LogP contribution in [0.25, 0.3) is 98.3 Å². The van der Waals surface area contributed by atoms with Crippen molar-refractivity contribution in [2.75, 3.05) is 0 Å². The maximum absolute atomic E-state index is 6.69. The van der Waals surface area contributed by atoms with Gasteiger partial charge in [-0.2, -0.15) is 0 Å². The third-order valence-corrected chi connectivity index (χ3v) is 9.32. The fourth-order valence-corrected chi connectivity index (χ4v) is 7.48. The van der Waals surface area contributed by atoms with E-state index in [0.29, 0.717) is 0 Å². The molecular formula is C42H24O2. The highest BCUT2D eigenvalue weighted by molar-refractivity contribution is 6.30. The number of furan rings is 2. The topological polar surface area (TPSA) is 26.3 Å². The van der Waals surface area contributed by atoms with E-state index in [4.69, 9.17) is 8.83 Å². The standard InChI is InChI=1S/C42H24O2/c1-2-12-26-25(11-1)23-35(28-14-4-3-13-27(26)28)39-30-16-5-7-18-32(30)40(33-19-8-6-17-31(33)39)41-34-21-22-43-38(34)24-36-29-15-9-10-20-37(29)44-42(36)41/h1-24H. The Hall–Kier alpha value is -5.86. The quantitative estimate of drug-likeness (QED) is 0.155.